The third-order valence-electron chi connectivity index (χ3n) is 5.39. The standard InChI is InChI=1S/C28H34O8/c1-5-27(32)36-19-24(31)18-35-26-12-8-22(9-13-26)28(3,4)21-6-10-25(11-7-21)34-17-23(30)16-33-15-20(2)14-29/h5-14,23-24,30-31H,1-2,15-19H2,3-4H3. The molecule has 8 nitrogen and oxygen atoms in total. The first kappa shape index (κ1) is 28.8. The molecule has 0 saturated carbocycles. The van der Waals surface area contributed by atoms with Crippen LogP contribution in [0.3, 0.4) is 0 Å². The van der Waals surface area contributed by atoms with Crippen LogP contribution in [0.2, 0.25) is 0 Å². The smallest absolute Gasteiger partial charge is 0.330 e. The quantitative estimate of drug-likeness (QED) is 0.206. The summed E-state index contributed by atoms with van der Waals surface area (Å²) in [6, 6.07) is 15.2. The van der Waals surface area contributed by atoms with Crippen molar-refractivity contribution in [3.05, 3.63) is 84.5 Å². The van der Waals surface area contributed by atoms with Crippen LogP contribution in [0.1, 0.15) is 25.0 Å². The summed E-state index contributed by atoms with van der Waals surface area (Å²) in [5.74, 6) is 0.610. The Morgan fingerprint density at radius 2 is 1.36 bits per heavy atom. The van der Waals surface area contributed by atoms with Crippen molar-refractivity contribution in [3.8, 4) is 11.5 Å². The topological polar surface area (TPSA) is 112 Å². The van der Waals surface area contributed by atoms with Crippen molar-refractivity contribution in [2.75, 3.05) is 33.0 Å². The Labute approximate surface area is 211 Å². The predicted molar refractivity (Wildman–Crippen MR) is 135 cm³/mol. The predicted octanol–water partition coefficient (Wildman–Crippen LogP) is 2.99. The van der Waals surface area contributed by atoms with Crippen LogP contribution >= 0.6 is 0 Å². The zero-order valence-electron chi connectivity index (χ0n) is 20.7. The van der Waals surface area contributed by atoms with Crippen LogP contribution in [-0.4, -0.2) is 67.7 Å². The second-order valence-electron chi connectivity index (χ2n) is 8.73. The van der Waals surface area contributed by atoms with Crippen LogP contribution in [0.5, 0.6) is 11.5 Å². The molecule has 2 rings (SSSR count). The van der Waals surface area contributed by atoms with Crippen LogP contribution in [0, 0.1) is 0 Å². The Hall–Kier alpha value is -3.46. The number of benzene rings is 2. The van der Waals surface area contributed by atoms with Crippen molar-refractivity contribution in [2.45, 2.75) is 31.5 Å². The average Bonchev–Trinajstić information content (AvgIpc) is 2.89. The summed E-state index contributed by atoms with van der Waals surface area (Å²) in [5, 5.41) is 19.8. The summed E-state index contributed by atoms with van der Waals surface area (Å²) in [4.78, 5) is 21.5. The van der Waals surface area contributed by atoms with Gasteiger partial charge in [0.1, 0.15) is 49.8 Å². The minimum absolute atomic E-state index is 0.0104. The molecule has 0 spiro atoms. The van der Waals surface area contributed by atoms with Crippen molar-refractivity contribution < 1.29 is 38.7 Å². The number of carbonyl (C=O) groups excluding carboxylic acids is 2. The van der Waals surface area contributed by atoms with Gasteiger partial charge in [-0.1, -0.05) is 51.3 Å². The second-order valence-corrected chi connectivity index (χ2v) is 8.73. The van der Waals surface area contributed by atoms with Gasteiger partial charge in [0.25, 0.3) is 0 Å². The van der Waals surface area contributed by atoms with Gasteiger partial charge in [0, 0.05) is 17.1 Å². The zero-order chi connectivity index (χ0) is 26.6. The first-order chi connectivity index (χ1) is 17.1. The Bertz CT molecular complexity index is 995. The Morgan fingerprint density at radius 1 is 0.889 bits per heavy atom. The maximum absolute atomic E-state index is 11.1. The number of carbonyl (C=O) groups is 2. The van der Waals surface area contributed by atoms with Crippen molar-refractivity contribution in [3.63, 3.8) is 0 Å². The molecule has 0 aliphatic heterocycles. The Balaban J connectivity index is 1.86. The molecule has 0 aromatic heterocycles. The number of rotatable bonds is 16. The first-order valence-corrected chi connectivity index (χ1v) is 11.5. The van der Waals surface area contributed by atoms with Crippen LogP contribution in [0.25, 0.3) is 0 Å². The molecular formula is C28H34O8. The Morgan fingerprint density at radius 3 is 1.81 bits per heavy atom. The summed E-state index contributed by atoms with van der Waals surface area (Å²) in [7, 11) is 0. The molecule has 0 fully saturated rings. The highest BCUT2D eigenvalue weighted by atomic mass is 16.5. The molecule has 0 radical (unpaired) electrons. The van der Waals surface area contributed by atoms with E-state index in [0.29, 0.717) is 23.4 Å². The van der Waals surface area contributed by atoms with E-state index in [0.717, 1.165) is 17.2 Å². The Kier molecular flexibility index (Phi) is 11.3. The van der Waals surface area contributed by atoms with Gasteiger partial charge in [0.15, 0.2) is 0 Å². The molecule has 194 valence electrons. The molecule has 2 aromatic rings. The summed E-state index contributed by atoms with van der Waals surface area (Å²) in [6.45, 7) is 11.0. The first-order valence-electron chi connectivity index (χ1n) is 11.5. The van der Waals surface area contributed by atoms with Gasteiger partial charge in [-0.15, -0.1) is 0 Å². The van der Waals surface area contributed by atoms with E-state index in [4.69, 9.17) is 18.9 Å². The normalized spacial score (nSPS) is 12.8. The molecule has 2 aromatic carbocycles. The largest absolute Gasteiger partial charge is 0.491 e. The number of ether oxygens (including phenoxy) is 4. The highest BCUT2D eigenvalue weighted by Gasteiger charge is 2.23. The fourth-order valence-corrected chi connectivity index (χ4v) is 3.18. The maximum atomic E-state index is 11.1. The number of aliphatic hydroxyl groups excluding tert-OH is 2. The van der Waals surface area contributed by atoms with Crippen molar-refractivity contribution in [1.82, 2.24) is 0 Å². The fraction of sp³-hybridized carbons (Fsp3) is 0.357. The van der Waals surface area contributed by atoms with Gasteiger partial charge in [-0.2, -0.15) is 0 Å². The molecule has 0 bridgehead atoms. The van der Waals surface area contributed by atoms with Crippen LogP contribution in [0.15, 0.2) is 73.3 Å². The SMILES string of the molecule is C=CC(=O)OCC(O)COc1ccc(C(C)(C)c2ccc(OCC(O)COCC(=C)C=O)cc2)cc1. The van der Waals surface area contributed by atoms with Crippen LogP contribution in [-0.2, 0) is 24.5 Å². The summed E-state index contributed by atoms with van der Waals surface area (Å²) in [6.07, 6.45) is -0.117. The van der Waals surface area contributed by atoms with Crippen LogP contribution in [0.4, 0.5) is 0 Å². The number of aldehydes is 1. The van der Waals surface area contributed by atoms with Gasteiger partial charge < -0.3 is 29.2 Å². The lowest BCUT2D eigenvalue weighted by atomic mass is 9.78. The van der Waals surface area contributed by atoms with E-state index >= 15 is 0 Å². The minimum atomic E-state index is -0.943. The fourth-order valence-electron chi connectivity index (χ4n) is 3.18. The van der Waals surface area contributed by atoms with E-state index in [1.165, 1.54) is 0 Å². The van der Waals surface area contributed by atoms with E-state index < -0.39 is 18.2 Å². The van der Waals surface area contributed by atoms with Gasteiger partial charge >= 0.3 is 5.97 Å². The third kappa shape index (κ3) is 9.30. The van der Waals surface area contributed by atoms with E-state index in [9.17, 15) is 19.8 Å². The van der Waals surface area contributed by atoms with Gasteiger partial charge in [-0.05, 0) is 35.4 Å². The highest BCUT2D eigenvalue weighted by molar-refractivity contribution is 5.81. The molecule has 0 heterocycles. The lowest BCUT2D eigenvalue weighted by Crippen LogP contribution is -2.24. The van der Waals surface area contributed by atoms with E-state index in [2.05, 4.69) is 27.0 Å². The van der Waals surface area contributed by atoms with Crippen molar-refractivity contribution in [2.24, 2.45) is 0 Å². The number of aliphatic hydroxyl groups is 2. The van der Waals surface area contributed by atoms with Gasteiger partial charge in [0.2, 0.25) is 0 Å². The van der Waals surface area contributed by atoms with Crippen molar-refractivity contribution >= 4 is 12.3 Å². The molecule has 2 N–H and O–H groups in total. The molecule has 2 unspecified atom stereocenters. The highest BCUT2D eigenvalue weighted by Crippen LogP contribution is 2.33. The monoisotopic (exact) mass is 498 g/mol. The summed E-state index contributed by atoms with van der Waals surface area (Å²) >= 11 is 0. The van der Waals surface area contributed by atoms with E-state index in [1.54, 1.807) is 0 Å². The lowest BCUT2D eigenvalue weighted by molar-refractivity contribution is -0.141. The molecule has 2 atom stereocenters. The molecule has 36 heavy (non-hydrogen) atoms. The molecular weight excluding hydrogens is 464 g/mol. The van der Waals surface area contributed by atoms with E-state index in [1.807, 2.05) is 48.5 Å². The van der Waals surface area contributed by atoms with Gasteiger partial charge in [0.05, 0.1) is 13.2 Å². The summed E-state index contributed by atoms with van der Waals surface area (Å²) in [5.41, 5.74) is 2.14. The van der Waals surface area contributed by atoms with Crippen molar-refractivity contribution in [1.29, 1.82) is 0 Å². The second kappa shape index (κ2) is 14.2. The minimum Gasteiger partial charge on any atom is -0.491 e. The number of hydrogen-bond donors (Lipinski definition) is 2. The third-order valence-corrected chi connectivity index (χ3v) is 5.39. The lowest BCUT2D eigenvalue weighted by Gasteiger charge is -2.26. The maximum Gasteiger partial charge on any atom is 0.330 e. The number of hydrogen-bond acceptors (Lipinski definition) is 8. The molecule has 0 amide bonds. The zero-order valence-corrected chi connectivity index (χ0v) is 20.7. The molecule has 0 aliphatic carbocycles. The molecule has 0 saturated heterocycles. The van der Waals surface area contributed by atoms with Crippen LogP contribution < -0.4 is 9.47 Å². The van der Waals surface area contributed by atoms with Gasteiger partial charge in [-0.25, -0.2) is 4.79 Å². The van der Waals surface area contributed by atoms with E-state index in [-0.39, 0.29) is 38.4 Å². The summed E-state index contributed by atoms with van der Waals surface area (Å²) < 4.78 is 21.2. The average molecular weight is 499 g/mol. The van der Waals surface area contributed by atoms with Gasteiger partial charge in [-0.3, -0.25) is 4.79 Å². The number of esters is 1. The molecule has 0 aliphatic rings. The molecule has 8 heteroatoms.